The number of rotatable bonds is 3. The van der Waals surface area contributed by atoms with Crippen LogP contribution in [0.4, 0.5) is 0 Å². The average Bonchev–Trinajstić information content (AvgIpc) is 2.80. The Balaban J connectivity index is 2.28. The van der Waals surface area contributed by atoms with Crippen molar-refractivity contribution in [3.8, 4) is 0 Å². The van der Waals surface area contributed by atoms with Crippen LogP contribution in [-0.4, -0.2) is 20.9 Å². The molecule has 90 valence electrons. The maximum absolute atomic E-state index is 10.7. The van der Waals surface area contributed by atoms with Crippen molar-refractivity contribution >= 4 is 5.97 Å². The summed E-state index contributed by atoms with van der Waals surface area (Å²) in [4.78, 5) is 10.7. The summed E-state index contributed by atoms with van der Waals surface area (Å²) in [6.45, 7) is 3.92. The zero-order valence-electron chi connectivity index (χ0n) is 10.0. The first-order valence-corrected chi connectivity index (χ1v) is 5.30. The van der Waals surface area contributed by atoms with Gasteiger partial charge in [0.2, 0.25) is 5.76 Å². The number of carbonyl (C=O) groups is 1. The summed E-state index contributed by atoms with van der Waals surface area (Å²) in [5, 5.41) is 13.1. The Morgan fingerprint density at radius 1 is 1.47 bits per heavy atom. The maximum Gasteiger partial charge on any atom is 0.371 e. The molecular formula is C12H14N2O3. The van der Waals surface area contributed by atoms with E-state index in [4.69, 9.17) is 9.52 Å². The van der Waals surface area contributed by atoms with Gasteiger partial charge in [0.05, 0.1) is 5.69 Å². The van der Waals surface area contributed by atoms with Crippen LogP contribution in [0.5, 0.6) is 0 Å². The molecule has 0 amide bonds. The Hall–Kier alpha value is -2.04. The molecule has 2 aromatic rings. The van der Waals surface area contributed by atoms with Crippen molar-refractivity contribution in [1.82, 2.24) is 9.78 Å². The van der Waals surface area contributed by atoms with Gasteiger partial charge in [0.25, 0.3) is 0 Å². The van der Waals surface area contributed by atoms with Crippen molar-refractivity contribution in [2.75, 3.05) is 0 Å². The van der Waals surface area contributed by atoms with Gasteiger partial charge in [-0.25, -0.2) is 4.79 Å². The minimum atomic E-state index is -1.05. The highest BCUT2D eigenvalue weighted by Gasteiger charge is 2.14. The number of furan rings is 1. The normalized spacial score (nSPS) is 10.8. The Morgan fingerprint density at radius 3 is 2.65 bits per heavy atom. The van der Waals surface area contributed by atoms with Gasteiger partial charge >= 0.3 is 5.97 Å². The first-order chi connectivity index (χ1) is 7.99. The molecule has 0 fully saturated rings. The molecule has 0 saturated heterocycles. The van der Waals surface area contributed by atoms with Crippen LogP contribution in [0.15, 0.2) is 16.5 Å². The average molecular weight is 234 g/mol. The zero-order chi connectivity index (χ0) is 12.6. The van der Waals surface area contributed by atoms with Crippen molar-refractivity contribution in [3.05, 3.63) is 40.6 Å². The number of hydrogen-bond donors (Lipinski definition) is 1. The van der Waals surface area contributed by atoms with Gasteiger partial charge in [-0.1, -0.05) is 0 Å². The Labute approximate surface area is 98.7 Å². The number of carboxylic acid groups (broad SMARTS) is 1. The SMILES string of the molecule is Cc1nn(C)c(C)c1Cc1ccc(C(=O)O)o1. The van der Waals surface area contributed by atoms with Crippen molar-refractivity contribution in [1.29, 1.82) is 0 Å². The molecule has 0 aromatic carbocycles. The minimum Gasteiger partial charge on any atom is -0.475 e. The second kappa shape index (κ2) is 4.08. The van der Waals surface area contributed by atoms with Crippen LogP contribution in [0.1, 0.15) is 33.3 Å². The largest absolute Gasteiger partial charge is 0.475 e. The number of aromatic carboxylic acids is 1. The van der Waals surface area contributed by atoms with Gasteiger partial charge in [-0.3, -0.25) is 4.68 Å². The maximum atomic E-state index is 10.7. The summed E-state index contributed by atoms with van der Waals surface area (Å²) in [6, 6.07) is 3.16. The molecule has 2 rings (SSSR count). The smallest absolute Gasteiger partial charge is 0.371 e. The molecule has 0 aliphatic heterocycles. The summed E-state index contributed by atoms with van der Waals surface area (Å²) in [6.07, 6.45) is 0.568. The second-order valence-electron chi connectivity index (χ2n) is 4.02. The monoisotopic (exact) mass is 234 g/mol. The van der Waals surface area contributed by atoms with E-state index in [-0.39, 0.29) is 5.76 Å². The lowest BCUT2D eigenvalue weighted by Gasteiger charge is -1.99. The van der Waals surface area contributed by atoms with E-state index in [2.05, 4.69) is 5.10 Å². The third-order valence-corrected chi connectivity index (χ3v) is 2.88. The summed E-state index contributed by atoms with van der Waals surface area (Å²) in [5.41, 5.74) is 3.09. The van der Waals surface area contributed by atoms with Crippen LogP contribution < -0.4 is 0 Å². The van der Waals surface area contributed by atoms with Crippen LogP contribution in [0, 0.1) is 13.8 Å². The fraction of sp³-hybridized carbons (Fsp3) is 0.333. The molecule has 0 bridgehead atoms. The standard InChI is InChI=1S/C12H14N2O3/c1-7-10(8(2)14(3)13-7)6-9-4-5-11(17-9)12(15)16/h4-5H,6H2,1-3H3,(H,15,16). The van der Waals surface area contributed by atoms with E-state index in [0.29, 0.717) is 12.2 Å². The highest BCUT2D eigenvalue weighted by Crippen LogP contribution is 2.18. The topological polar surface area (TPSA) is 68.3 Å². The van der Waals surface area contributed by atoms with Crippen LogP contribution in [0.3, 0.4) is 0 Å². The molecule has 0 unspecified atom stereocenters. The summed E-state index contributed by atoms with van der Waals surface area (Å²) < 4.78 is 7.04. The van der Waals surface area contributed by atoms with Gasteiger partial charge in [0.1, 0.15) is 5.76 Å². The number of aromatic nitrogens is 2. The molecule has 0 aliphatic carbocycles. The fourth-order valence-electron chi connectivity index (χ4n) is 1.84. The molecule has 0 aliphatic rings. The molecule has 1 N–H and O–H groups in total. The third kappa shape index (κ3) is 2.08. The van der Waals surface area contributed by atoms with Crippen LogP contribution >= 0.6 is 0 Å². The predicted molar refractivity (Wildman–Crippen MR) is 61.2 cm³/mol. The third-order valence-electron chi connectivity index (χ3n) is 2.88. The first kappa shape index (κ1) is 11.4. The summed E-state index contributed by atoms with van der Waals surface area (Å²) in [7, 11) is 1.89. The fourth-order valence-corrected chi connectivity index (χ4v) is 1.84. The Morgan fingerprint density at radius 2 is 2.18 bits per heavy atom. The van der Waals surface area contributed by atoms with E-state index in [1.807, 2.05) is 25.6 Å². The second-order valence-corrected chi connectivity index (χ2v) is 4.02. The van der Waals surface area contributed by atoms with Gasteiger partial charge < -0.3 is 9.52 Å². The van der Waals surface area contributed by atoms with E-state index in [1.54, 1.807) is 6.07 Å². The first-order valence-electron chi connectivity index (χ1n) is 5.30. The van der Waals surface area contributed by atoms with Crippen molar-refractivity contribution in [3.63, 3.8) is 0 Å². The van der Waals surface area contributed by atoms with E-state index >= 15 is 0 Å². The lowest BCUT2D eigenvalue weighted by molar-refractivity contribution is 0.0660. The van der Waals surface area contributed by atoms with E-state index in [1.165, 1.54) is 6.07 Å². The molecule has 2 aromatic heterocycles. The number of hydrogen-bond acceptors (Lipinski definition) is 3. The number of aryl methyl sites for hydroxylation is 2. The van der Waals surface area contributed by atoms with Crippen LogP contribution in [0.25, 0.3) is 0 Å². The van der Waals surface area contributed by atoms with E-state index in [9.17, 15) is 4.79 Å². The summed E-state index contributed by atoms with van der Waals surface area (Å²) >= 11 is 0. The van der Waals surface area contributed by atoms with Gasteiger partial charge in [0, 0.05) is 24.7 Å². The molecular weight excluding hydrogens is 220 g/mol. The zero-order valence-corrected chi connectivity index (χ0v) is 10.0. The van der Waals surface area contributed by atoms with Crippen molar-refractivity contribution < 1.29 is 14.3 Å². The summed E-state index contributed by atoms with van der Waals surface area (Å²) in [5.74, 6) is -0.434. The van der Waals surface area contributed by atoms with Gasteiger partial charge in [-0.15, -0.1) is 0 Å². The minimum absolute atomic E-state index is 0.0285. The quantitative estimate of drug-likeness (QED) is 0.880. The predicted octanol–water partition coefficient (Wildman–Crippen LogP) is 1.92. The molecule has 5 heteroatoms. The van der Waals surface area contributed by atoms with E-state index in [0.717, 1.165) is 17.0 Å². The number of carboxylic acids is 1. The highest BCUT2D eigenvalue weighted by molar-refractivity contribution is 5.84. The Kier molecular flexibility index (Phi) is 2.75. The molecule has 5 nitrogen and oxygen atoms in total. The molecule has 17 heavy (non-hydrogen) atoms. The van der Waals surface area contributed by atoms with Gasteiger partial charge in [-0.2, -0.15) is 5.10 Å². The van der Waals surface area contributed by atoms with Gasteiger partial charge in [0.15, 0.2) is 0 Å². The lowest BCUT2D eigenvalue weighted by Crippen LogP contribution is -1.95. The molecule has 0 radical (unpaired) electrons. The van der Waals surface area contributed by atoms with E-state index < -0.39 is 5.97 Å². The lowest BCUT2D eigenvalue weighted by atomic mass is 10.1. The van der Waals surface area contributed by atoms with Crippen LogP contribution in [0.2, 0.25) is 0 Å². The highest BCUT2D eigenvalue weighted by atomic mass is 16.4. The molecule has 0 saturated carbocycles. The number of nitrogens with zero attached hydrogens (tertiary/aromatic N) is 2. The van der Waals surface area contributed by atoms with Crippen molar-refractivity contribution in [2.24, 2.45) is 7.05 Å². The molecule has 0 spiro atoms. The molecule has 2 heterocycles. The molecule has 0 atom stereocenters. The Bertz CT molecular complexity index is 566. The van der Waals surface area contributed by atoms with Crippen LogP contribution in [-0.2, 0) is 13.5 Å². The van der Waals surface area contributed by atoms with Gasteiger partial charge in [-0.05, 0) is 26.0 Å². The van der Waals surface area contributed by atoms with Crippen molar-refractivity contribution in [2.45, 2.75) is 20.3 Å².